The van der Waals surface area contributed by atoms with Gasteiger partial charge in [-0.3, -0.25) is 4.68 Å². The fraction of sp³-hybridized carbons (Fsp3) is 0.308. The second-order valence-electron chi connectivity index (χ2n) is 3.90. The van der Waals surface area contributed by atoms with Gasteiger partial charge in [0.25, 0.3) is 0 Å². The largest absolute Gasteiger partial charge is 0.491 e. The van der Waals surface area contributed by atoms with Crippen molar-refractivity contribution in [2.24, 2.45) is 0 Å². The van der Waals surface area contributed by atoms with E-state index in [1.807, 2.05) is 36.1 Å². The monoisotopic (exact) mass is 309 g/mol. The Morgan fingerprint density at radius 2 is 2.33 bits per heavy atom. The molecular formula is C13H16BrN3O. The number of nitrogens with zero attached hydrogens (tertiary/aromatic N) is 2. The smallest absolute Gasteiger partial charge is 0.123 e. The van der Waals surface area contributed by atoms with Crippen LogP contribution in [0.4, 0.5) is 0 Å². The zero-order valence-corrected chi connectivity index (χ0v) is 11.9. The molecule has 18 heavy (non-hydrogen) atoms. The molecule has 0 aliphatic carbocycles. The van der Waals surface area contributed by atoms with Gasteiger partial charge in [-0.15, -0.1) is 0 Å². The van der Waals surface area contributed by atoms with E-state index in [4.69, 9.17) is 4.74 Å². The number of halogens is 1. The van der Waals surface area contributed by atoms with Crippen molar-refractivity contribution < 1.29 is 4.74 Å². The minimum absolute atomic E-state index is 0.611. The van der Waals surface area contributed by atoms with Crippen LogP contribution in [0.3, 0.4) is 0 Å². The van der Waals surface area contributed by atoms with Gasteiger partial charge in [-0.05, 0) is 31.3 Å². The fourth-order valence-electron chi connectivity index (χ4n) is 1.70. The maximum absolute atomic E-state index is 5.80. The van der Waals surface area contributed by atoms with Crippen LogP contribution in [0.1, 0.15) is 5.56 Å². The zero-order valence-electron chi connectivity index (χ0n) is 10.3. The molecule has 0 fully saturated rings. The normalized spacial score (nSPS) is 10.6. The molecule has 0 amide bonds. The Morgan fingerprint density at radius 3 is 3.06 bits per heavy atom. The van der Waals surface area contributed by atoms with E-state index in [1.54, 1.807) is 6.20 Å². The molecule has 96 valence electrons. The highest BCUT2D eigenvalue weighted by molar-refractivity contribution is 9.10. The van der Waals surface area contributed by atoms with Crippen LogP contribution in [0.2, 0.25) is 0 Å². The highest BCUT2D eigenvalue weighted by Crippen LogP contribution is 2.23. The Balaban J connectivity index is 1.95. The molecule has 0 radical (unpaired) electrons. The van der Waals surface area contributed by atoms with Crippen LogP contribution in [-0.4, -0.2) is 23.4 Å². The summed E-state index contributed by atoms with van der Waals surface area (Å²) in [7, 11) is 1.93. The average Bonchev–Trinajstić information content (AvgIpc) is 2.85. The topological polar surface area (TPSA) is 39.1 Å². The number of ether oxygens (including phenoxy) is 1. The molecule has 0 unspecified atom stereocenters. The summed E-state index contributed by atoms with van der Waals surface area (Å²) in [4.78, 5) is 0. The molecule has 0 atom stereocenters. The van der Waals surface area contributed by atoms with E-state index in [2.05, 4.69) is 32.4 Å². The molecule has 1 aromatic heterocycles. The number of aromatic nitrogens is 2. The third-order valence-corrected chi connectivity index (χ3v) is 3.02. The van der Waals surface area contributed by atoms with Crippen molar-refractivity contribution in [3.63, 3.8) is 0 Å². The van der Waals surface area contributed by atoms with Gasteiger partial charge in [0.1, 0.15) is 12.4 Å². The molecule has 0 saturated heterocycles. The fourth-order valence-corrected chi connectivity index (χ4v) is 2.11. The van der Waals surface area contributed by atoms with Gasteiger partial charge in [0.05, 0.1) is 6.54 Å². The highest BCUT2D eigenvalue weighted by atomic mass is 79.9. The van der Waals surface area contributed by atoms with E-state index in [0.717, 1.165) is 28.9 Å². The Kier molecular flexibility index (Phi) is 4.78. The van der Waals surface area contributed by atoms with Gasteiger partial charge in [-0.2, -0.15) is 5.10 Å². The van der Waals surface area contributed by atoms with Crippen LogP contribution in [0.15, 0.2) is 41.1 Å². The third kappa shape index (κ3) is 3.58. The molecule has 1 heterocycles. The average molecular weight is 310 g/mol. The molecule has 0 spiro atoms. The molecule has 2 rings (SSSR count). The van der Waals surface area contributed by atoms with Crippen LogP contribution >= 0.6 is 15.9 Å². The predicted octanol–water partition coefficient (Wildman–Crippen LogP) is 2.44. The van der Waals surface area contributed by atoms with Crippen LogP contribution in [-0.2, 0) is 13.1 Å². The van der Waals surface area contributed by atoms with E-state index in [9.17, 15) is 0 Å². The summed E-state index contributed by atoms with van der Waals surface area (Å²) in [5, 5.41) is 7.27. The Morgan fingerprint density at radius 1 is 1.44 bits per heavy atom. The van der Waals surface area contributed by atoms with Crippen molar-refractivity contribution in [1.82, 2.24) is 15.1 Å². The first-order chi connectivity index (χ1) is 8.79. The first kappa shape index (κ1) is 13.1. The standard InChI is InChI=1S/C13H16BrN3O/c1-15-10-11-9-12(14)3-4-13(11)18-8-7-17-6-2-5-16-17/h2-6,9,15H,7-8,10H2,1H3. The lowest BCUT2D eigenvalue weighted by molar-refractivity contribution is 0.288. The third-order valence-electron chi connectivity index (χ3n) is 2.53. The van der Waals surface area contributed by atoms with E-state index >= 15 is 0 Å². The summed E-state index contributed by atoms with van der Waals surface area (Å²) in [6.45, 7) is 2.15. The molecule has 0 aliphatic rings. The van der Waals surface area contributed by atoms with Crippen LogP contribution in [0.5, 0.6) is 5.75 Å². The number of hydrogen-bond acceptors (Lipinski definition) is 3. The minimum atomic E-state index is 0.611. The lowest BCUT2D eigenvalue weighted by Gasteiger charge is -2.12. The van der Waals surface area contributed by atoms with Crippen molar-refractivity contribution in [2.75, 3.05) is 13.7 Å². The van der Waals surface area contributed by atoms with Crippen LogP contribution < -0.4 is 10.1 Å². The summed E-state index contributed by atoms with van der Waals surface area (Å²) < 4.78 is 8.72. The van der Waals surface area contributed by atoms with E-state index < -0.39 is 0 Å². The predicted molar refractivity (Wildman–Crippen MR) is 74.6 cm³/mol. The van der Waals surface area contributed by atoms with Gasteiger partial charge in [0.15, 0.2) is 0 Å². The second kappa shape index (κ2) is 6.56. The highest BCUT2D eigenvalue weighted by Gasteiger charge is 2.04. The SMILES string of the molecule is CNCc1cc(Br)ccc1OCCn1cccn1. The van der Waals surface area contributed by atoms with Crippen molar-refractivity contribution in [1.29, 1.82) is 0 Å². The molecule has 1 N–H and O–H groups in total. The van der Waals surface area contributed by atoms with E-state index in [1.165, 1.54) is 0 Å². The van der Waals surface area contributed by atoms with Crippen molar-refractivity contribution in [3.8, 4) is 5.75 Å². The van der Waals surface area contributed by atoms with Gasteiger partial charge in [0.2, 0.25) is 0 Å². The number of benzene rings is 1. The molecular weight excluding hydrogens is 294 g/mol. The zero-order chi connectivity index (χ0) is 12.8. The molecule has 2 aromatic rings. The lowest BCUT2D eigenvalue weighted by Crippen LogP contribution is -2.11. The summed E-state index contributed by atoms with van der Waals surface area (Å²) >= 11 is 3.47. The van der Waals surface area contributed by atoms with Crippen LogP contribution in [0.25, 0.3) is 0 Å². The first-order valence-corrected chi connectivity index (χ1v) is 6.62. The van der Waals surface area contributed by atoms with Crippen molar-refractivity contribution in [2.45, 2.75) is 13.1 Å². The van der Waals surface area contributed by atoms with Gasteiger partial charge in [-0.25, -0.2) is 0 Å². The summed E-state index contributed by atoms with van der Waals surface area (Å²) in [6, 6.07) is 7.95. The van der Waals surface area contributed by atoms with Gasteiger partial charge >= 0.3 is 0 Å². The Bertz CT molecular complexity index is 485. The molecule has 4 nitrogen and oxygen atoms in total. The Labute approximate surface area is 115 Å². The van der Waals surface area contributed by atoms with E-state index in [0.29, 0.717) is 6.61 Å². The number of hydrogen-bond donors (Lipinski definition) is 1. The molecule has 0 aliphatic heterocycles. The molecule has 0 saturated carbocycles. The molecule has 0 bridgehead atoms. The van der Waals surface area contributed by atoms with E-state index in [-0.39, 0.29) is 0 Å². The maximum atomic E-state index is 5.80. The number of nitrogens with one attached hydrogen (secondary N) is 1. The summed E-state index contributed by atoms with van der Waals surface area (Å²) in [5.74, 6) is 0.916. The number of rotatable bonds is 6. The quantitative estimate of drug-likeness (QED) is 0.891. The first-order valence-electron chi connectivity index (χ1n) is 5.83. The second-order valence-corrected chi connectivity index (χ2v) is 4.82. The van der Waals surface area contributed by atoms with Crippen molar-refractivity contribution >= 4 is 15.9 Å². The van der Waals surface area contributed by atoms with Crippen molar-refractivity contribution in [3.05, 3.63) is 46.7 Å². The van der Waals surface area contributed by atoms with Crippen LogP contribution in [0, 0.1) is 0 Å². The van der Waals surface area contributed by atoms with Gasteiger partial charge < -0.3 is 10.1 Å². The van der Waals surface area contributed by atoms with Gasteiger partial charge in [0, 0.05) is 29.0 Å². The molecule has 5 heteroatoms. The van der Waals surface area contributed by atoms with Gasteiger partial charge in [-0.1, -0.05) is 15.9 Å². The summed E-state index contributed by atoms with van der Waals surface area (Å²) in [6.07, 6.45) is 3.70. The minimum Gasteiger partial charge on any atom is -0.491 e. The summed E-state index contributed by atoms with van der Waals surface area (Å²) in [5.41, 5.74) is 1.15. The molecule has 1 aromatic carbocycles. The lowest BCUT2D eigenvalue weighted by atomic mass is 10.2. The Hall–Kier alpha value is -1.33. The maximum Gasteiger partial charge on any atom is 0.123 e.